The number of aromatic nitrogens is 1. The van der Waals surface area contributed by atoms with Gasteiger partial charge in [0.1, 0.15) is 6.54 Å². The Hall–Kier alpha value is -2.50. The number of aliphatic carboxylic acids is 1. The van der Waals surface area contributed by atoms with Crippen LogP contribution in [0.2, 0.25) is 0 Å². The lowest BCUT2D eigenvalue weighted by Gasteiger charge is -2.13. The Kier molecular flexibility index (Phi) is 5.26. The van der Waals surface area contributed by atoms with Crippen LogP contribution in [-0.4, -0.2) is 15.6 Å². The Bertz CT molecular complexity index is 784. The first-order chi connectivity index (χ1) is 10.9. The number of halogens is 2. The monoisotopic (exact) mass is 321 g/mol. The van der Waals surface area contributed by atoms with Gasteiger partial charge in [0, 0.05) is 23.5 Å². The van der Waals surface area contributed by atoms with E-state index in [0.29, 0.717) is 17.7 Å². The molecule has 122 valence electrons. The van der Waals surface area contributed by atoms with E-state index in [0.717, 1.165) is 6.07 Å². The molecular formula is C17H17F2NO3. The van der Waals surface area contributed by atoms with E-state index in [-0.39, 0.29) is 30.4 Å². The van der Waals surface area contributed by atoms with E-state index in [1.54, 1.807) is 0 Å². The SMILES string of the molecule is CCc1cn(CC(=O)O)c(CCc2cccc(F)c2F)cc1=O. The van der Waals surface area contributed by atoms with Crippen LogP contribution in [0.5, 0.6) is 0 Å². The summed E-state index contributed by atoms with van der Waals surface area (Å²) in [5, 5.41) is 8.98. The number of nitrogens with zero attached hydrogens (tertiary/aromatic N) is 1. The fourth-order valence-electron chi connectivity index (χ4n) is 2.44. The molecule has 4 nitrogen and oxygen atoms in total. The lowest BCUT2D eigenvalue weighted by molar-refractivity contribution is -0.137. The van der Waals surface area contributed by atoms with Crippen molar-refractivity contribution < 1.29 is 18.7 Å². The average molecular weight is 321 g/mol. The maximum atomic E-state index is 13.7. The molecule has 23 heavy (non-hydrogen) atoms. The number of pyridine rings is 1. The number of hydrogen-bond acceptors (Lipinski definition) is 2. The fourth-order valence-corrected chi connectivity index (χ4v) is 2.44. The summed E-state index contributed by atoms with van der Waals surface area (Å²) in [6.45, 7) is 1.53. The highest BCUT2D eigenvalue weighted by Gasteiger charge is 2.12. The van der Waals surface area contributed by atoms with Crippen LogP contribution in [-0.2, 0) is 30.6 Å². The maximum Gasteiger partial charge on any atom is 0.323 e. The third kappa shape index (κ3) is 4.03. The molecule has 2 rings (SSSR count). The van der Waals surface area contributed by atoms with Gasteiger partial charge in [0.15, 0.2) is 17.1 Å². The average Bonchev–Trinajstić information content (AvgIpc) is 2.50. The molecule has 0 saturated carbocycles. The molecule has 1 aromatic carbocycles. The van der Waals surface area contributed by atoms with Gasteiger partial charge < -0.3 is 9.67 Å². The van der Waals surface area contributed by atoms with Crippen LogP contribution < -0.4 is 5.43 Å². The summed E-state index contributed by atoms with van der Waals surface area (Å²) in [5.74, 6) is -2.87. The van der Waals surface area contributed by atoms with E-state index >= 15 is 0 Å². The zero-order chi connectivity index (χ0) is 17.0. The molecule has 0 atom stereocenters. The highest BCUT2D eigenvalue weighted by molar-refractivity contribution is 5.66. The van der Waals surface area contributed by atoms with Gasteiger partial charge >= 0.3 is 5.97 Å². The second-order valence-electron chi connectivity index (χ2n) is 5.24. The molecule has 0 aliphatic carbocycles. The van der Waals surface area contributed by atoms with Crippen molar-refractivity contribution in [3.8, 4) is 0 Å². The third-order valence-corrected chi connectivity index (χ3v) is 3.66. The Morgan fingerprint density at radius 1 is 1.22 bits per heavy atom. The number of carbonyl (C=O) groups is 1. The van der Waals surface area contributed by atoms with Crippen LogP contribution in [0.3, 0.4) is 0 Å². The lowest BCUT2D eigenvalue weighted by Crippen LogP contribution is -2.20. The normalized spacial score (nSPS) is 10.7. The molecule has 0 saturated heterocycles. The van der Waals surface area contributed by atoms with Crippen LogP contribution >= 0.6 is 0 Å². The first kappa shape index (κ1) is 16.9. The van der Waals surface area contributed by atoms with Gasteiger partial charge in [-0.25, -0.2) is 8.78 Å². The van der Waals surface area contributed by atoms with E-state index in [2.05, 4.69) is 0 Å². The predicted molar refractivity (Wildman–Crippen MR) is 81.5 cm³/mol. The van der Waals surface area contributed by atoms with Crippen LogP contribution in [0.1, 0.15) is 23.7 Å². The molecule has 1 heterocycles. The van der Waals surface area contributed by atoms with Gasteiger partial charge in [-0.15, -0.1) is 0 Å². The first-order valence-electron chi connectivity index (χ1n) is 7.29. The standard InChI is InChI=1S/C17H17F2NO3/c1-2-11-9-20(10-16(22)23)13(8-15(11)21)7-6-12-4-3-5-14(18)17(12)19/h3-5,8-9H,2,6-7,10H2,1H3,(H,22,23). The Labute approximate surface area is 132 Å². The molecule has 6 heteroatoms. The molecule has 0 spiro atoms. The van der Waals surface area contributed by atoms with E-state index in [1.165, 1.54) is 29.0 Å². The molecule has 0 aliphatic rings. The van der Waals surface area contributed by atoms with Crippen molar-refractivity contribution in [2.45, 2.75) is 32.7 Å². The molecule has 0 amide bonds. The summed E-state index contributed by atoms with van der Waals surface area (Å²) < 4.78 is 28.4. The number of rotatable bonds is 6. The minimum absolute atomic E-state index is 0.175. The molecule has 2 aromatic rings. The second-order valence-corrected chi connectivity index (χ2v) is 5.24. The minimum atomic E-state index is -1.03. The van der Waals surface area contributed by atoms with Crippen molar-refractivity contribution in [1.29, 1.82) is 0 Å². The van der Waals surface area contributed by atoms with Crippen LogP contribution in [0.4, 0.5) is 8.78 Å². The highest BCUT2D eigenvalue weighted by Crippen LogP contribution is 2.14. The highest BCUT2D eigenvalue weighted by atomic mass is 19.2. The summed E-state index contributed by atoms with van der Waals surface area (Å²) in [5.41, 5.74) is 1.02. The Morgan fingerprint density at radius 2 is 1.96 bits per heavy atom. The van der Waals surface area contributed by atoms with Crippen molar-refractivity contribution in [3.63, 3.8) is 0 Å². The largest absolute Gasteiger partial charge is 0.480 e. The summed E-state index contributed by atoms with van der Waals surface area (Å²) in [4.78, 5) is 22.9. The van der Waals surface area contributed by atoms with E-state index < -0.39 is 17.6 Å². The maximum absolute atomic E-state index is 13.7. The summed E-state index contributed by atoms with van der Waals surface area (Å²) in [6, 6.07) is 5.30. The van der Waals surface area contributed by atoms with Crippen LogP contribution in [0.15, 0.2) is 35.3 Å². The van der Waals surface area contributed by atoms with Crippen molar-refractivity contribution in [2.24, 2.45) is 0 Å². The predicted octanol–water partition coefficient (Wildman–Crippen LogP) is 2.56. The first-order valence-corrected chi connectivity index (χ1v) is 7.29. The van der Waals surface area contributed by atoms with Gasteiger partial charge in [-0.1, -0.05) is 19.1 Å². The van der Waals surface area contributed by atoms with Gasteiger partial charge in [-0.05, 0) is 30.9 Å². The summed E-state index contributed by atoms with van der Waals surface area (Å²) in [7, 11) is 0. The topological polar surface area (TPSA) is 59.3 Å². The van der Waals surface area contributed by atoms with Gasteiger partial charge in [-0.3, -0.25) is 9.59 Å². The number of aryl methyl sites for hydroxylation is 3. The van der Waals surface area contributed by atoms with Gasteiger partial charge in [0.2, 0.25) is 0 Å². The van der Waals surface area contributed by atoms with Crippen molar-refractivity contribution >= 4 is 5.97 Å². The second kappa shape index (κ2) is 7.17. The fraction of sp³-hybridized carbons (Fsp3) is 0.294. The van der Waals surface area contributed by atoms with Gasteiger partial charge in [-0.2, -0.15) is 0 Å². The molecule has 0 unspecified atom stereocenters. The number of hydrogen-bond donors (Lipinski definition) is 1. The molecular weight excluding hydrogens is 304 g/mol. The Morgan fingerprint density at radius 3 is 2.61 bits per heavy atom. The van der Waals surface area contributed by atoms with E-state index in [9.17, 15) is 18.4 Å². The number of carboxylic acids is 1. The number of carboxylic acid groups (broad SMARTS) is 1. The third-order valence-electron chi connectivity index (χ3n) is 3.66. The number of benzene rings is 1. The van der Waals surface area contributed by atoms with E-state index in [4.69, 9.17) is 5.11 Å². The van der Waals surface area contributed by atoms with Crippen LogP contribution in [0.25, 0.3) is 0 Å². The molecule has 0 aliphatic heterocycles. The summed E-state index contributed by atoms with van der Waals surface area (Å²) in [6.07, 6.45) is 2.44. The zero-order valence-corrected chi connectivity index (χ0v) is 12.7. The Balaban J connectivity index is 2.31. The van der Waals surface area contributed by atoms with Crippen molar-refractivity contribution in [3.05, 3.63) is 69.1 Å². The van der Waals surface area contributed by atoms with Crippen molar-refractivity contribution in [1.82, 2.24) is 4.57 Å². The quantitative estimate of drug-likeness (QED) is 0.889. The molecule has 1 N–H and O–H groups in total. The molecule has 0 fully saturated rings. The van der Waals surface area contributed by atoms with Gasteiger partial charge in [0.05, 0.1) is 0 Å². The van der Waals surface area contributed by atoms with Crippen LogP contribution in [0, 0.1) is 11.6 Å². The molecule has 0 bridgehead atoms. The molecule has 1 aromatic heterocycles. The van der Waals surface area contributed by atoms with E-state index in [1.807, 2.05) is 6.92 Å². The lowest BCUT2D eigenvalue weighted by atomic mass is 10.1. The van der Waals surface area contributed by atoms with Gasteiger partial charge in [0.25, 0.3) is 0 Å². The molecule has 0 radical (unpaired) electrons. The smallest absolute Gasteiger partial charge is 0.323 e. The van der Waals surface area contributed by atoms with Crippen molar-refractivity contribution in [2.75, 3.05) is 0 Å². The summed E-state index contributed by atoms with van der Waals surface area (Å²) >= 11 is 0. The zero-order valence-electron chi connectivity index (χ0n) is 12.7. The minimum Gasteiger partial charge on any atom is -0.480 e.